The largest absolute Gasteiger partial charge is 0.355 e. The van der Waals surface area contributed by atoms with Crippen LogP contribution in [0.15, 0.2) is 133 Å². The van der Waals surface area contributed by atoms with Crippen molar-refractivity contribution in [3.8, 4) is 33.4 Å². The van der Waals surface area contributed by atoms with Gasteiger partial charge in [-0.2, -0.15) is 0 Å². The molecule has 2 aliphatic carbocycles. The Kier molecular flexibility index (Phi) is 6.82. The van der Waals surface area contributed by atoms with E-state index in [2.05, 4.69) is 153 Å². The highest BCUT2D eigenvalue weighted by molar-refractivity contribution is 5.86. The van der Waals surface area contributed by atoms with Crippen LogP contribution in [0.1, 0.15) is 51.2 Å². The molecule has 2 aliphatic rings. The van der Waals surface area contributed by atoms with Gasteiger partial charge in [-0.1, -0.05) is 129 Å². The van der Waals surface area contributed by atoms with E-state index >= 15 is 0 Å². The number of anilines is 2. The second kappa shape index (κ2) is 10.8. The Balaban J connectivity index is 1.19. The van der Waals surface area contributed by atoms with Crippen LogP contribution >= 0.6 is 0 Å². The molecular formula is C41H39N. The first-order valence-electron chi connectivity index (χ1n) is 15.5. The molecule has 3 atom stereocenters. The molecule has 42 heavy (non-hydrogen) atoms. The van der Waals surface area contributed by atoms with Crippen molar-refractivity contribution in [3.05, 3.63) is 144 Å². The van der Waals surface area contributed by atoms with E-state index in [0.29, 0.717) is 5.92 Å². The van der Waals surface area contributed by atoms with Crippen LogP contribution < -0.4 is 5.32 Å². The maximum absolute atomic E-state index is 3.73. The number of hydrogen-bond donors (Lipinski definition) is 1. The van der Waals surface area contributed by atoms with Crippen LogP contribution in [-0.2, 0) is 5.41 Å². The Hall–Kier alpha value is -4.36. The van der Waals surface area contributed by atoms with Gasteiger partial charge in [0.05, 0.1) is 0 Å². The maximum Gasteiger partial charge on any atom is 0.0395 e. The predicted octanol–water partition coefficient (Wildman–Crippen LogP) is 11.4. The van der Waals surface area contributed by atoms with Crippen molar-refractivity contribution in [3.63, 3.8) is 0 Å². The molecule has 3 unspecified atom stereocenters. The second-order valence-corrected chi connectivity index (χ2v) is 12.5. The Labute approximate surface area is 251 Å². The fraction of sp³-hybridized carbons (Fsp3) is 0.220. The molecule has 0 fully saturated rings. The van der Waals surface area contributed by atoms with Gasteiger partial charge < -0.3 is 5.32 Å². The average Bonchev–Trinajstić information content (AvgIpc) is 3.30. The minimum Gasteiger partial charge on any atom is -0.355 e. The molecule has 0 saturated carbocycles. The van der Waals surface area contributed by atoms with E-state index in [9.17, 15) is 0 Å². The number of nitrogens with one attached hydrogen (secondary N) is 1. The molecule has 208 valence electrons. The van der Waals surface area contributed by atoms with Crippen molar-refractivity contribution in [1.82, 2.24) is 0 Å². The lowest BCUT2D eigenvalue weighted by Crippen LogP contribution is -2.28. The standard InChI is InChI=1S/C41H39N/c1-4-29-23-28(2)24-34(25-29)41(3)39-16-9-8-15-37(39)38-27-36(21-22-40(38)41)42-35-14-10-13-33(26-35)32-19-17-31(18-20-32)30-11-6-5-7-12-30/h5-22,24,26-29,42H,4,23,25H2,1-3H3. The molecule has 5 aromatic rings. The highest BCUT2D eigenvalue weighted by Crippen LogP contribution is 2.55. The van der Waals surface area contributed by atoms with E-state index in [0.717, 1.165) is 17.3 Å². The van der Waals surface area contributed by atoms with Crippen LogP contribution in [0.25, 0.3) is 33.4 Å². The van der Waals surface area contributed by atoms with Crippen molar-refractivity contribution >= 4 is 11.4 Å². The molecule has 0 bridgehead atoms. The maximum atomic E-state index is 3.73. The number of hydrogen-bond acceptors (Lipinski definition) is 1. The fourth-order valence-corrected chi connectivity index (χ4v) is 7.44. The smallest absolute Gasteiger partial charge is 0.0395 e. The molecule has 0 amide bonds. The highest BCUT2D eigenvalue weighted by Gasteiger charge is 2.43. The quantitative estimate of drug-likeness (QED) is 0.209. The summed E-state index contributed by atoms with van der Waals surface area (Å²) in [5.41, 5.74) is 14.3. The molecule has 0 saturated heterocycles. The third-order valence-corrected chi connectivity index (χ3v) is 9.71. The van der Waals surface area contributed by atoms with E-state index in [1.807, 2.05) is 0 Å². The van der Waals surface area contributed by atoms with Crippen molar-refractivity contribution in [2.24, 2.45) is 11.8 Å². The lowest BCUT2D eigenvalue weighted by molar-refractivity contribution is 0.373. The van der Waals surface area contributed by atoms with Crippen LogP contribution in [0.3, 0.4) is 0 Å². The van der Waals surface area contributed by atoms with E-state index in [1.165, 1.54) is 63.8 Å². The number of fused-ring (bicyclic) bond motifs is 3. The number of rotatable bonds is 6. The zero-order chi connectivity index (χ0) is 28.7. The van der Waals surface area contributed by atoms with Crippen LogP contribution in [0, 0.1) is 11.8 Å². The summed E-state index contributed by atoms with van der Waals surface area (Å²) in [6, 6.07) is 44.3. The first-order chi connectivity index (χ1) is 20.5. The first-order valence-corrected chi connectivity index (χ1v) is 15.5. The molecule has 1 nitrogen and oxygen atoms in total. The molecule has 0 radical (unpaired) electrons. The van der Waals surface area contributed by atoms with Gasteiger partial charge in [0.25, 0.3) is 0 Å². The third-order valence-electron chi connectivity index (χ3n) is 9.71. The second-order valence-electron chi connectivity index (χ2n) is 12.5. The molecule has 0 heterocycles. The van der Waals surface area contributed by atoms with Gasteiger partial charge >= 0.3 is 0 Å². The molecule has 0 aliphatic heterocycles. The summed E-state index contributed by atoms with van der Waals surface area (Å²) in [6.07, 6.45) is 6.35. The van der Waals surface area contributed by atoms with Crippen molar-refractivity contribution in [2.45, 2.75) is 45.4 Å². The summed E-state index contributed by atoms with van der Waals surface area (Å²) in [4.78, 5) is 0. The van der Waals surface area contributed by atoms with E-state index in [-0.39, 0.29) is 5.41 Å². The highest BCUT2D eigenvalue weighted by atomic mass is 14.9. The van der Waals surface area contributed by atoms with E-state index < -0.39 is 0 Å². The minimum atomic E-state index is -0.0710. The van der Waals surface area contributed by atoms with E-state index in [4.69, 9.17) is 0 Å². The minimum absolute atomic E-state index is 0.0710. The molecule has 5 aromatic carbocycles. The Bertz CT molecular complexity index is 1760. The van der Waals surface area contributed by atoms with Crippen molar-refractivity contribution in [1.29, 1.82) is 0 Å². The average molecular weight is 546 g/mol. The van der Waals surface area contributed by atoms with Gasteiger partial charge in [-0.15, -0.1) is 0 Å². The Morgan fingerprint density at radius 2 is 1.29 bits per heavy atom. The van der Waals surface area contributed by atoms with E-state index in [1.54, 1.807) is 5.57 Å². The summed E-state index contributed by atoms with van der Waals surface area (Å²) in [5, 5.41) is 3.73. The van der Waals surface area contributed by atoms with Gasteiger partial charge in [0.15, 0.2) is 0 Å². The van der Waals surface area contributed by atoms with Gasteiger partial charge in [-0.3, -0.25) is 0 Å². The summed E-state index contributed by atoms with van der Waals surface area (Å²) < 4.78 is 0. The molecule has 0 spiro atoms. The zero-order valence-electron chi connectivity index (χ0n) is 24.9. The predicted molar refractivity (Wildman–Crippen MR) is 179 cm³/mol. The lowest BCUT2D eigenvalue weighted by Gasteiger charge is -2.37. The first kappa shape index (κ1) is 26.5. The van der Waals surface area contributed by atoms with Gasteiger partial charge in [0.1, 0.15) is 0 Å². The van der Waals surface area contributed by atoms with Gasteiger partial charge in [-0.05, 0) is 100 Å². The monoisotopic (exact) mass is 545 g/mol. The van der Waals surface area contributed by atoms with Crippen molar-refractivity contribution < 1.29 is 0 Å². The topological polar surface area (TPSA) is 12.0 Å². The molecule has 0 aromatic heterocycles. The van der Waals surface area contributed by atoms with Crippen molar-refractivity contribution in [2.75, 3.05) is 5.32 Å². The number of benzene rings is 5. The van der Waals surface area contributed by atoms with Crippen LogP contribution in [0.2, 0.25) is 0 Å². The summed E-state index contributed by atoms with van der Waals surface area (Å²) in [7, 11) is 0. The SMILES string of the molecule is CCC1CC(C2(C)c3ccccc3-c3cc(Nc4cccc(-c5ccc(-c6ccccc6)cc5)c4)ccc32)=CC(C)C1. The normalized spacial score (nSPS) is 20.9. The summed E-state index contributed by atoms with van der Waals surface area (Å²) in [5.74, 6) is 1.41. The van der Waals surface area contributed by atoms with Crippen LogP contribution in [-0.4, -0.2) is 0 Å². The Morgan fingerprint density at radius 3 is 2.07 bits per heavy atom. The molecule has 1 N–H and O–H groups in total. The molecule has 1 heteroatoms. The van der Waals surface area contributed by atoms with Gasteiger partial charge in [0.2, 0.25) is 0 Å². The van der Waals surface area contributed by atoms with Gasteiger partial charge in [0, 0.05) is 16.8 Å². The third kappa shape index (κ3) is 4.68. The van der Waals surface area contributed by atoms with Crippen LogP contribution in [0.5, 0.6) is 0 Å². The Morgan fingerprint density at radius 1 is 0.643 bits per heavy atom. The fourth-order valence-electron chi connectivity index (χ4n) is 7.44. The molecular weight excluding hydrogens is 506 g/mol. The van der Waals surface area contributed by atoms with Gasteiger partial charge in [-0.25, -0.2) is 0 Å². The summed E-state index contributed by atoms with van der Waals surface area (Å²) >= 11 is 0. The summed E-state index contributed by atoms with van der Waals surface area (Å²) in [6.45, 7) is 7.21. The molecule has 7 rings (SSSR count). The van der Waals surface area contributed by atoms with Crippen LogP contribution in [0.4, 0.5) is 11.4 Å². The lowest BCUT2D eigenvalue weighted by atomic mass is 9.67. The zero-order valence-corrected chi connectivity index (χ0v) is 24.9. The number of allylic oxidation sites excluding steroid dienone is 2.